The van der Waals surface area contributed by atoms with Crippen molar-refractivity contribution in [1.82, 2.24) is 19.5 Å². The number of benzene rings is 1. The van der Waals surface area contributed by atoms with Gasteiger partial charge in [0.05, 0.1) is 11.7 Å². The number of rotatable bonds is 2. The summed E-state index contributed by atoms with van der Waals surface area (Å²) in [6.45, 7) is 0.0685. The summed E-state index contributed by atoms with van der Waals surface area (Å²) >= 11 is 0. The van der Waals surface area contributed by atoms with Crippen LogP contribution in [0, 0.1) is 0 Å². The number of carbonyl (C=O) groups is 2. The number of hydrogen-bond donors (Lipinski definition) is 1. The molecule has 2 aliphatic rings. The van der Waals surface area contributed by atoms with E-state index < -0.39 is 16.9 Å². The maximum absolute atomic E-state index is 12.0. The first kappa shape index (κ1) is 15.9. The molecule has 0 saturated heterocycles. The summed E-state index contributed by atoms with van der Waals surface area (Å²) in [5.41, 5.74) is 3.28. The van der Waals surface area contributed by atoms with Gasteiger partial charge >= 0.3 is 0 Å². The number of ether oxygens (including phenoxy) is 1. The lowest BCUT2D eigenvalue weighted by molar-refractivity contribution is -0.121. The van der Waals surface area contributed by atoms with Crippen LogP contribution in [0.4, 0.5) is 0 Å². The zero-order chi connectivity index (χ0) is 18.5. The highest BCUT2D eigenvalue weighted by molar-refractivity contribution is 7.93. The molecular weight excluding hydrogens is 368 g/mol. The van der Waals surface area contributed by atoms with Crippen molar-refractivity contribution in [2.45, 2.75) is 6.42 Å². The first-order chi connectivity index (χ1) is 13.1. The third kappa shape index (κ3) is 2.63. The molecular formula is C18H12N4O4S. The maximum atomic E-state index is 12.0. The Labute approximate surface area is 155 Å². The van der Waals surface area contributed by atoms with E-state index in [0.29, 0.717) is 17.3 Å². The number of aromatic nitrogens is 3. The number of amides is 1. The number of ketones is 1. The molecule has 4 heterocycles. The van der Waals surface area contributed by atoms with Gasteiger partial charge < -0.3 is 4.74 Å². The lowest BCUT2D eigenvalue weighted by Crippen LogP contribution is -2.20. The highest BCUT2D eigenvalue weighted by Gasteiger charge is 2.23. The lowest BCUT2D eigenvalue weighted by Gasteiger charge is -2.16. The van der Waals surface area contributed by atoms with Gasteiger partial charge in [-0.1, -0.05) is 6.07 Å². The van der Waals surface area contributed by atoms with Crippen LogP contribution < -0.4 is 9.46 Å². The summed E-state index contributed by atoms with van der Waals surface area (Å²) < 4.78 is 21.1. The summed E-state index contributed by atoms with van der Waals surface area (Å²) in [7, 11) is -1.62. The normalized spacial score (nSPS) is 18.8. The first-order valence-electron chi connectivity index (χ1n) is 8.14. The number of carbonyl (C=O) groups excluding carboxylic acids is 2. The Kier molecular flexibility index (Phi) is 3.44. The Hall–Kier alpha value is -3.33. The van der Waals surface area contributed by atoms with E-state index in [1.165, 1.54) is 10.8 Å². The number of nitrogens with one attached hydrogen (secondary N) is 1. The van der Waals surface area contributed by atoms with Crippen LogP contribution in [-0.2, 0) is 27.0 Å². The molecule has 27 heavy (non-hydrogen) atoms. The molecule has 134 valence electrons. The van der Waals surface area contributed by atoms with Gasteiger partial charge in [0.25, 0.3) is 5.91 Å². The standard InChI is InChI=1S/C18H12N4O4S/c23-14-5-11-4-12(7-19-18(11)26-9-14)10-1-2-15-13(3-10)8-20-22(15)17-6-16(24)21-27(17)25/h1-4,6-8H,5,9H2,(H,21,24). The van der Waals surface area contributed by atoms with Gasteiger partial charge in [-0.05, 0) is 23.8 Å². The van der Waals surface area contributed by atoms with E-state index in [-0.39, 0.29) is 12.4 Å². The van der Waals surface area contributed by atoms with E-state index in [4.69, 9.17) is 4.74 Å². The van der Waals surface area contributed by atoms with Crippen LogP contribution in [0.3, 0.4) is 0 Å². The summed E-state index contributed by atoms with van der Waals surface area (Å²) in [6, 6.07) is 7.58. The fourth-order valence-corrected chi connectivity index (χ4v) is 4.05. The second-order valence-corrected chi connectivity index (χ2v) is 7.40. The summed E-state index contributed by atoms with van der Waals surface area (Å²) in [5, 5.41) is 5.39. The molecule has 1 unspecified atom stereocenters. The molecule has 2 aliphatic heterocycles. The molecule has 5 rings (SSSR count). The molecule has 1 amide bonds. The van der Waals surface area contributed by atoms with Crippen molar-refractivity contribution in [3.63, 3.8) is 0 Å². The highest BCUT2D eigenvalue weighted by Crippen LogP contribution is 2.30. The molecule has 0 spiro atoms. The van der Waals surface area contributed by atoms with E-state index in [9.17, 15) is 13.8 Å². The largest absolute Gasteiger partial charge is 0.469 e. The summed E-state index contributed by atoms with van der Waals surface area (Å²) in [4.78, 5) is 27.3. The van der Waals surface area contributed by atoms with Crippen molar-refractivity contribution in [2.24, 2.45) is 0 Å². The minimum Gasteiger partial charge on any atom is -0.469 e. The Balaban J connectivity index is 1.56. The van der Waals surface area contributed by atoms with Crippen molar-refractivity contribution >= 4 is 38.6 Å². The van der Waals surface area contributed by atoms with Crippen LogP contribution in [-0.4, -0.2) is 37.3 Å². The second kappa shape index (κ2) is 5.85. The van der Waals surface area contributed by atoms with Gasteiger partial charge in [0.1, 0.15) is 6.61 Å². The fourth-order valence-electron chi connectivity index (χ4n) is 3.19. The zero-order valence-electron chi connectivity index (χ0n) is 13.8. The van der Waals surface area contributed by atoms with Crippen LogP contribution in [0.25, 0.3) is 27.1 Å². The molecule has 1 aromatic carbocycles. The van der Waals surface area contributed by atoms with Gasteiger partial charge in [-0.3, -0.25) is 14.3 Å². The number of hydrogen-bond acceptors (Lipinski definition) is 6. The highest BCUT2D eigenvalue weighted by atomic mass is 32.2. The van der Waals surface area contributed by atoms with Crippen LogP contribution in [0.15, 0.2) is 42.7 Å². The minimum absolute atomic E-state index is 0.0270. The molecule has 8 nitrogen and oxygen atoms in total. The predicted octanol–water partition coefficient (Wildman–Crippen LogP) is 1.19. The fraction of sp³-hybridized carbons (Fsp3) is 0.111. The van der Waals surface area contributed by atoms with Gasteiger partial charge in [-0.2, -0.15) is 5.10 Å². The topological polar surface area (TPSA) is 103 Å². The summed E-state index contributed by atoms with van der Waals surface area (Å²) in [6.07, 6.45) is 4.95. The van der Waals surface area contributed by atoms with Crippen molar-refractivity contribution in [2.75, 3.05) is 6.61 Å². The molecule has 0 bridgehead atoms. The average Bonchev–Trinajstić information content (AvgIpc) is 3.22. The number of Topliss-reactive ketones (excluding diaryl/α,β-unsaturated/α-hetero) is 1. The average molecular weight is 380 g/mol. The Bertz CT molecular complexity index is 1200. The monoisotopic (exact) mass is 380 g/mol. The number of fused-ring (bicyclic) bond motifs is 2. The molecule has 0 saturated carbocycles. The van der Waals surface area contributed by atoms with Crippen LogP contribution in [0.5, 0.6) is 5.88 Å². The van der Waals surface area contributed by atoms with Crippen molar-refractivity contribution in [3.8, 4) is 17.0 Å². The molecule has 1 N–H and O–H groups in total. The van der Waals surface area contributed by atoms with Crippen molar-refractivity contribution in [1.29, 1.82) is 0 Å². The molecule has 0 radical (unpaired) electrons. The summed E-state index contributed by atoms with van der Waals surface area (Å²) in [5.74, 6) is 0.125. The van der Waals surface area contributed by atoms with Crippen LogP contribution in [0.2, 0.25) is 0 Å². The lowest BCUT2D eigenvalue weighted by atomic mass is 10.0. The molecule has 3 aromatic rings. The van der Waals surface area contributed by atoms with E-state index in [1.807, 2.05) is 24.3 Å². The van der Waals surface area contributed by atoms with Gasteiger partial charge in [-0.15, -0.1) is 0 Å². The van der Waals surface area contributed by atoms with E-state index >= 15 is 0 Å². The maximum Gasteiger partial charge on any atom is 0.258 e. The van der Waals surface area contributed by atoms with Gasteiger partial charge in [-0.25, -0.2) is 13.9 Å². The quantitative estimate of drug-likeness (QED) is 0.716. The third-order valence-corrected chi connectivity index (χ3v) is 5.49. The molecule has 2 aromatic heterocycles. The van der Waals surface area contributed by atoms with E-state index in [2.05, 4.69) is 14.8 Å². The van der Waals surface area contributed by atoms with Crippen molar-refractivity contribution in [3.05, 3.63) is 48.3 Å². The number of nitrogens with zero attached hydrogens (tertiary/aromatic N) is 3. The molecule has 1 atom stereocenters. The smallest absolute Gasteiger partial charge is 0.258 e. The molecule has 0 fully saturated rings. The minimum atomic E-state index is -1.62. The van der Waals surface area contributed by atoms with Gasteiger partial charge in [0, 0.05) is 35.2 Å². The van der Waals surface area contributed by atoms with Crippen LogP contribution >= 0.6 is 0 Å². The Morgan fingerprint density at radius 1 is 1.15 bits per heavy atom. The number of pyridine rings is 1. The van der Waals surface area contributed by atoms with Gasteiger partial charge in [0.15, 0.2) is 21.8 Å². The Morgan fingerprint density at radius 2 is 2.04 bits per heavy atom. The van der Waals surface area contributed by atoms with E-state index in [0.717, 1.165) is 27.6 Å². The third-order valence-electron chi connectivity index (χ3n) is 4.43. The van der Waals surface area contributed by atoms with Crippen molar-refractivity contribution < 1.29 is 18.5 Å². The SMILES string of the molecule is O=C1COc2ncc(-c3ccc4c(cnn4C4=CC(=O)NS4=O)c3)cc2C1. The molecule has 9 heteroatoms. The van der Waals surface area contributed by atoms with E-state index in [1.54, 1.807) is 12.4 Å². The zero-order valence-corrected chi connectivity index (χ0v) is 14.7. The van der Waals surface area contributed by atoms with Gasteiger partial charge in [0.2, 0.25) is 5.88 Å². The predicted molar refractivity (Wildman–Crippen MR) is 97.7 cm³/mol. The Morgan fingerprint density at radius 3 is 2.85 bits per heavy atom. The van der Waals surface area contributed by atoms with Crippen LogP contribution in [0.1, 0.15) is 5.56 Å². The first-order valence-corrected chi connectivity index (χ1v) is 9.29. The molecule has 0 aliphatic carbocycles. The second-order valence-electron chi connectivity index (χ2n) is 6.24.